The van der Waals surface area contributed by atoms with E-state index < -0.39 is 0 Å². The number of aromatic nitrogens is 4. The van der Waals surface area contributed by atoms with Crippen LogP contribution in [0.15, 0.2) is 64.5 Å². The first kappa shape index (κ1) is 19.9. The first-order valence-corrected chi connectivity index (χ1v) is 10.7. The number of fused-ring (bicyclic) bond motifs is 1. The van der Waals surface area contributed by atoms with Crippen LogP contribution in [-0.4, -0.2) is 19.3 Å². The first-order chi connectivity index (χ1) is 14.5. The van der Waals surface area contributed by atoms with Crippen molar-refractivity contribution in [2.75, 3.05) is 0 Å². The number of para-hydroxylation sites is 2. The number of rotatable bonds is 5. The summed E-state index contributed by atoms with van der Waals surface area (Å²) in [6.07, 6.45) is 0. The van der Waals surface area contributed by atoms with Gasteiger partial charge in [-0.25, -0.2) is 9.67 Å². The minimum absolute atomic E-state index is 0.0340. The summed E-state index contributed by atoms with van der Waals surface area (Å²) in [6.45, 7) is 5.78. The second-order valence-corrected chi connectivity index (χ2v) is 8.18. The highest BCUT2D eigenvalue weighted by Crippen LogP contribution is 2.28. The summed E-state index contributed by atoms with van der Waals surface area (Å²) >= 11 is 1.45. The number of thioether (sulfide) groups is 1. The highest BCUT2D eigenvalue weighted by atomic mass is 32.2. The third-order valence-electron chi connectivity index (χ3n) is 4.90. The third kappa shape index (κ3) is 3.51. The normalized spacial score (nSPS) is 11.2. The van der Waals surface area contributed by atoms with Gasteiger partial charge in [0.15, 0.2) is 5.16 Å². The van der Waals surface area contributed by atoms with Crippen LogP contribution < -0.4 is 5.56 Å². The quantitative estimate of drug-likeness (QED) is 0.351. The van der Waals surface area contributed by atoms with Gasteiger partial charge >= 0.3 is 0 Å². The van der Waals surface area contributed by atoms with Crippen molar-refractivity contribution in [2.24, 2.45) is 0 Å². The molecule has 0 aliphatic heterocycles. The van der Waals surface area contributed by atoms with Gasteiger partial charge in [-0.15, -0.1) is 0 Å². The van der Waals surface area contributed by atoms with Gasteiger partial charge in [0, 0.05) is 11.8 Å². The predicted octanol–water partition coefficient (Wildman–Crippen LogP) is 4.64. The lowest BCUT2D eigenvalue weighted by Gasteiger charge is -2.16. The largest absolute Gasteiger partial charge is 0.285 e. The van der Waals surface area contributed by atoms with Crippen molar-refractivity contribution in [1.29, 1.82) is 5.26 Å². The monoisotopic (exact) mass is 415 g/mol. The van der Waals surface area contributed by atoms with Crippen molar-refractivity contribution >= 4 is 22.7 Å². The van der Waals surface area contributed by atoms with Crippen molar-refractivity contribution in [3.63, 3.8) is 0 Å². The fraction of sp³-hybridized carbons (Fsp3) is 0.217. The van der Waals surface area contributed by atoms with Crippen molar-refractivity contribution in [3.05, 3.63) is 81.9 Å². The maximum absolute atomic E-state index is 13.1. The number of hydrogen-bond donors (Lipinski definition) is 0. The molecule has 0 saturated carbocycles. The fourth-order valence-electron chi connectivity index (χ4n) is 3.45. The van der Waals surface area contributed by atoms with Crippen LogP contribution in [0.1, 0.15) is 36.8 Å². The van der Waals surface area contributed by atoms with E-state index in [1.807, 2.05) is 69.3 Å². The van der Waals surface area contributed by atoms with E-state index in [1.165, 1.54) is 11.8 Å². The Hall–Kier alpha value is -3.37. The van der Waals surface area contributed by atoms with Gasteiger partial charge in [-0.1, -0.05) is 42.1 Å². The van der Waals surface area contributed by atoms with Gasteiger partial charge in [-0.3, -0.25) is 9.36 Å². The van der Waals surface area contributed by atoms with Crippen LogP contribution in [-0.2, 0) is 5.75 Å². The summed E-state index contributed by atoms with van der Waals surface area (Å²) in [5.41, 5.74) is 3.56. The van der Waals surface area contributed by atoms with E-state index in [9.17, 15) is 10.1 Å². The maximum atomic E-state index is 13.1. The van der Waals surface area contributed by atoms with E-state index in [0.717, 1.165) is 11.4 Å². The van der Waals surface area contributed by atoms with Gasteiger partial charge in [-0.2, -0.15) is 10.4 Å². The molecule has 6 nitrogen and oxygen atoms in total. The molecule has 0 N–H and O–H groups in total. The van der Waals surface area contributed by atoms with Crippen molar-refractivity contribution in [1.82, 2.24) is 19.3 Å². The molecule has 7 heteroatoms. The molecule has 0 radical (unpaired) electrons. The summed E-state index contributed by atoms with van der Waals surface area (Å²) in [7, 11) is 0. The molecule has 2 heterocycles. The Morgan fingerprint density at radius 1 is 1.10 bits per heavy atom. The second-order valence-electron chi connectivity index (χ2n) is 7.24. The minimum Gasteiger partial charge on any atom is -0.285 e. The van der Waals surface area contributed by atoms with E-state index >= 15 is 0 Å². The highest BCUT2D eigenvalue weighted by Gasteiger charge is 2.19. The molecule has 150 valence electrons. The maximum Gasteiger partial charge on any atom is 0.262 e. The zero-order chi connectivity index (χ0) is 21.3. The van der Waals surface area contributed by atoms with Crippen LogP contribution in [0, 0.1) is 18.3 Å². The summed E-state index contributed by atoms with van der Waals surface area (Å²) in [6, 6.07) is 19.4. The zero-order valence-electron chi connectivity index (χ0n) is 17.0. The zero-order valence-corrected chi connectivity index (χ0v) is 17.8. The Balaban J connectivity index is 1.80. The molecule has 0 aliphatic rings. The lowest BCUT2D eigenvalue weighted by Crippen LogP contribution is -2.25. The predicted molar refractivity (Wildman–Crippen MR) is 119 cm³/mol. The third-order valence-corrected chi connectivity index (χ3v) is 5.86. The number of aryl methyl sites for hydroxylation is 1. The molecule has 0 atom stereocenters. The van der Waals surface area contributed by atoms with E-state index in [4.69, 9.17) is 4.98 Å². The lowest BCUT2D eigenvalue weighted by atomic mass is 10.2. The summed E-state index contributed by atoms with van der Waals surface area (Å²) in [4.78, 5) is 17.8. The van der Waals surface area contributed by atoms with Crippen LogP contribution in [0.5, 0.6) is 0 Å². The van der Waals surface area contributed by atoms with E-state index in [0.29, 0.717) is 33.1 Å². The smallest absolute Gasteiger partial charge is 0.262 e. The Bertz CT molecular complexity index is 1320. The average Bonchev–Trinajstić information content (AvgIpc) is 3.07. The van der Waals surface area contributed by atoms with Gasteiger partial charge < -0.3 is 0 Å². The fourth-order valence-corrected chi connectivity index (χ4v) is 4.58. The average molecular weight is 416 g/mol. The Labute approximate surface area is 178 Å². The van der Waals surface area contributed by atoms with Crippen LogP contribution in [0.3, 0.4) is 0 Å². The van der Waals surface area contributed by atoms with Gasteiger partial charge in [0.1, 0.15) is 6.07 Å². The van der Waals surface area contributed by atoms with Gasteiger partial charge in [0.2, 0.25) is 0 Å². The topological polar surface area (TPSA) is 76.5 Å². The van der Waals surface area contributed by atoms with Crippen molar-refractivity contribution in [3.8, 4) is 11.8 Å². The minimum atomic E-state index is -0.0497. The molecule has 30 heavy (non-hydrogen) atoms. The van der Waals surface area contributed by atoms with Crippen molar-refractivity contribution < 1.29 is 0 Å². The first-order valence-electron chi connectivity index (χ1n) is 9.69. The molecule has 2 aromatic heterocycles. The molecule has 0 fully saturated rings. The van der Waals surface area contributed by atoms with Crippen LogP contribution in [0.4, 0.5) is 0 Å². The molecule has 2 aromatic carbocycles. The van der Waals surface area contributed by atoms with Gasteiger partial charge in [0.25, 0.3) is 5.56 Å². The number of nitrogens with zero attached hydrogens (tertiary/aromatic N) is 5. The molecule has 0 spiro atoms. The lowest BCUT2D eigenvalue weighted by molar-refractivity contribution is 0.519. The highest BCUT2D eigenvalue weighted by molar-refractivity contribution is 7.98. The number of nitriles is 1. The van der Waals surface area contributed by atoms with Gasteiger partial charge in [-0.05, 0) is 45.0 Å². The second kappa shape index (κ2) is 8.17. The van der Waals surface area contributed by atoms with E-state index in [2.05, 4.69) is 11.2 Å². The number of benzene rings is 2. The Kier molecular flexibility index (Phi) is 5.42. The van der Waals surface area contributed by atoms with Crippen molar-refractivity contribution in [2.45, 2.75) is 37.7 Å². The molecule has 0 saturated heterocycles. The van der Waals surface area contributed by atoms with E-state index in [1.54, 1.807) is 15.3 Å². The standard InChI is InChI=1S/C23H21N5OS/c1-15(2)27-22(29)18-11-7-8-12-20(18)25-23(27)30-14-21-19(13-24)16(3)26-28(21)17-9-5-4-6-10-17/h4-12,15H,14H2,1-3H3. The molecular formula is C23H21N5OS. The molecule has 0 unspecified atom stereocenters. The molecule has 4 aromatic rings. The molecule has 0 bridgehead atoms. The summed E-state index contributed by atoms with van der Waals surface area (Å²) in [5.74, 6) is 0.468. The Morgan fingerprint density at radius 2 is 1.80 bits per heavy atom. The van der Waals surface area contributed by atoms with Crippen LogP contribution >= 0.6 is 11.8 Å². The summed E-state index contributed by atoms with van der Waals surface area (Å²) in [5, 5.41) is 15.5. The van der Waals surface area contributed by atoms with Crippen LogP contribution in [0.2, 0.25) is 0 Å². The molecule has 0 amide bonds. The Morgan fingerprint density at radius 3 is 2.50 bits per heavy atom. The van der Waals surface area contributed by atoms with Gasteiger partial charge in [0.05, 0.1) is 33.5 Å². The number of hydrogen-bond acceptors (Lipinski definition) is 5. The van der Waals surface area contributed by atoms with E-state index in [-0.39, 0.29) is 11.6 Å². The summed E-state index contributed by atoms with van der Waals surface area (Å²) < 4.78 is 3.52. The molecule has 0 aliphatic carbocycles. The molecule has 4 rings (SSSR count). The SMILES string of the molecule is Cc1nn(-c2ccccc2)c(CSc2nc3ccccc3c(=O)n2C(C)C)c1C#N. The molecular weight excluding hydrogens is 394 g/mol. The van der Waals surface area contributed by atoms with Crippen LogP contribution in [0.25, 0.3) is 16.6 Å².